The van der Waals surface area contributed by atoms with Crippen molar-refractivity contribution in [2.24, 2.45) is 0 Å². The number of hydrogen-bond acceptors (Lipinski definition) is 5. The Bertz CT molecular complexity index is 891. The number of imide groups is 1. The van der Waals surface area contributed by atoms with Gasteiger partial charge in [0.15, 0.2) is 0 Å². The van der Waals surface area contributed by atoms with Crippen molar-refractivity contribution in [3.63, 3.8) is 0 Å². The van der Waals surface area contributed by atoms with E-state index < -0.39 is 0 Å². The Balaban J connectivity index is 1.99. The third kappa shape index (κ3) is 4.32. The van der Waals surface area contributed by atoms with Gasteiger partial charge in [-0.05, 0) is 43.2 Å². The minimum absolute atomic E-state index is 0.283. The molecule has 6 heteroatoms. The quantitative estimate of drug-likeness (QED) is 0.482. The van der Waals surface area contributed by atoms with Crippen molar-refractivity contribution in [3.8, 4) is 5.75 Å². The van der Waals surface area contributed by atoms with Gasteiger partial charge in [-0.1, -0.05) is 30.3 Å². The van der Waals surface area contributed by atoms with Crippen molar-refractivity contribution in [2.45, 2.75) is 13.3 Å². The predicted octanol–water partition coefficient (Wildman–Crippen LogP) is 3.34. The lowest BCUT2D eigenvalue weighted by Crippen LogP contribution is -2.35. The number of rotatable bonds is 9. The number of hydrogen-bond donors (Lipinski definition) is 0. The molecule has 0 atom stereocenters. The van der Waals surface area contributed by atoms with Gasteiger partial charge in [-0.2, -0.15) is 0 Å². The maximum absolute atomic E-state index is 13.2. The molecule has 6 nitrogen and oxygen atoms in total. The summed E-state index contributed by atoms with van der Waals surface area (Å²) >= 11 is 0. The fourth-order valence-corrected chi connectivity index (χ4v) is 3.35. The molecule has 0 spiro atoms. The van der Waals surface area contributed by atoms with Crippen LogP contribution < -0.4 is 9.64 Å². The summed E-state index contributed by atoms with van der Waals surface area (Å²) in [5.41, 5.74) is 2.31. The molecule has 0 aromatic heterocycles. The zero-order chi connectivity index (χ0) is 20.8. The van der Waals surface area contributed by atoms with Crippen molar-refractivity contribution in [3.05, 3.63) is 65.9 Å². The molecule has 0 bridgehead atoms. The molecule has 0 saturated heterocycles. The molecule has 2 aromatic carbocycles. The third-order valence-corrected chi connectivity index (χ3v) is 4.88. The first-order valence-electron chi connectivity index (χ1n) is 9.69. The first-order chi connectivity index (χ1) is 14.1. The monoisotopic (exact) mass is 394 g/mol. The van der Waals surface area contributed by atoms with E-state index in [1.54, 1.807) is 24.1 Å². The first-order valence-corrected chi connectivity index (χ1v) is 9.69. The Kier molecular flexibility index (Phi) is 6.67. The van der Waals surface area contributed by atoms with Crippen LogP contribution in [0.2, 0.25) is 0 Å². The summed E-state index contributed by atoms with van der Waals surface area (Å²) in [5, 5.41) is 0. The van der Waals surface area contributed by atoms with Crippen LogP contribution in [0.25, 0.3) is 5.57 Å². The molecule has 0 aliphatic carbocycles. The zero-order valence-corrected chi connectivity index (χ0v) is 17.1. The number of benzene rings is 2. The lowest BCUT2D eigenvalue weighted by atomic mass is 10.0. The predicted molar refractivity (Wildman–Crippen MR) is 113 cm³/mol. The van der Waals surface area contributed by atoms with Crippen LogP contribution in [0.1, 0.15) is 18.9 Å². The van der Waals surface area contributed by atoms with Crippen LogP contribution in [-0.2, 0) is 14.3 Å². The molecule has 0 fully saturated rings. The van der Waals surface area contributed by atoms with E-state index in [9.17, 15) is 9.59 Å². The van der Waals surface area contributed by atoms with Crippen LogP contribution >= 0.6 is 0 Å². The van der Waals surface area contributed by atoms with Gasteiger partial charge in [0.05, 0.1) is 12.7 Å². The van der Waals surface area contributed by atoms with E-state index in [-0.39, 0.29) is 11.8 Å². The molecule has 0 unspecified atom stereocenters. The van der Waals surface area contributed by atoms with E-state index in [1.807, 2.05) is 56.4 Å². The Morgan fingerprint density at radius 2 is 1.66 bits per heavy atom. The molecule has 2 amide bonds. The fraction of sp³-hybridized carbons (Fsp3) is 0.304. The van der Waals surface area contributed by atoms with Crippen molar-refractivity contribution in [1.82, 2.24) is 4.90 Å². The van der Waals surface area contributed by atoms with E-state index in [0.717, 1.165) is 5.69 Å². The van der Waals surface area contributed by atoms with Crippen LogP contribution in [0.5, 0.6) is 5.75 Å². The summed E-state index contributed by atoms with van der Waals surface area (Å²) in [7, 11) is 3.40. The highest BCUT2D eigenvalue weighted by Gasteiger charge is 2.40. The lowest BCUT2D eigenvalue weighted by molar-refractivity contribution is -0.137. The minimum Gasteiger partial charge on any atom is -0.497 e. The largest absolute Gasteiger partial charge is 0.497 e. The molecule has 152 valence electrons. The second kappa shape index (κ2) is 9.39. The van der Waals surface area contributed by atoms with Gasteiger partial charge in [0, 0.05) is 32.5 Å². The van der Waals surface area contributed by atoms with Crippen LogP contribution in [0.4, 0.5) is 5.69 Å². The molecule has 0 saturated carbocycles. The number of amides is 2. The topological polar surface area (TPSA) is 59.1 Å². The summed E-state index contributed by atoms with van der Waals surface area (Å²) in [6.45, 7) is 3.36. The molecule has 0 N–H and O–H groups in total. The van der Waals surface area contributed by atoms with Gasteiger partial charge in [-0.3, -0.25) is 14.5 Å². The standard InChI is InChI=1S/C23H26N2O4/c1-4-29-16-8-15-25-22(26)20(17-11-13-19(28-3)14-12-17)21(23(25)27)24(2)18-9-6-5-7-10-18/h5-7,9-14H,4,8,15-16H2,1-3H3. The maximum atomic E-state index is 13.2. The van der Waals surface area contributed by atoms with Crippen molar-refractivity contribution in [1.29, 1.82) is 0 Å². The Hall–Kier alpha value is -3.12. The summed E-state index contributed by atoms with van der Waals surface area (Å²) < 4.78 is 10.6. The molecule has 0 radical (unpaired) electrons. The third-order valence-electron chi connectivity index (χ3n) is 4.88. The molecule has 1 aliphatic rings. The number of ether oxygens (including phenoxy) is 2. The number of carbonyl (C=O) groups excluding carboxylic acids is 2. The average molecular weight is 394 g/mol. The number of anilines is 1. The van der Waals surface area contributed by atoms with Gasteiger partial charge in [0.2, 0.25) is 0 Å². The van der Waals surface area contributed by atoms with Gasteiger partial charge >= 0.3 is 0 Å². The fourth-order valence-electron chi connectivity index (χ4n) is 3.35. The van der Waals surface area contributed by atoms with E-state index in [0.29, 0.717) is 48.8 Å². The van der Waals surface area contributed by atoms with E-state index in [4.69, 9.17) is 9.47 Å². The maximum Gasteiger partial charge on any atom is 0.278 e. The van der Waals surface area contributed by atoms with Gasteiger partial charge < -0.3 is 14.4 Å². The van der Waals surface area contributed by atoms with E-state index >= 15 is 0 Å². The van der Waals surface area contributed by atoms with Crippen molar-refractivity contribution < 1.29 is 19.1 Å². The second-order valence-corrected chi connectivity index (χ2v) is 6.66. The normalized spacial score (nSPS) is 14.0. The Labute approximate surface area is 171 Å². The summed E-state index contributed by atoms with van der Waals surface area (Å²) in [5.74, 6) is 0.121. The van der Waals surface area contributed by atoms with Crippen LogP contribution in [0.3, 0.4) is 0 Å². The van der Waals surface area contributed by atoms with Crippen molar-refractivity contribution >= 4 is 23.1 Å². The SMILES string of the molecule is CCOCCCN1C(=O)C(c2ccc(OC)cc2)=C(N(C)c2ccccc2)C1=O. The average Bonchev–Trinajstić information content (AvgIpc) is 3.01. The van der Waals surface area contributed by atoms with E-state index in [1.165, 1.54) is 4.90 Å². The number of likely N-dealkylation sites (N-methyl/N-ethyl adjacent to an activating group) is 1. The molecule has 29 heavy (non-hydrogen) atoms. The highest BCUT2D eigenvalue weighted by Crippen LogP contribution is 2.34. The van der Waals surface area contributed by atoms with Gasteiger partial charge in [-0.25, -0.2) is 0 Å². The Morgan fingerprint density at radius 3 is 2.28 bits per heavy atom. The van der Waals surface area contributed by atoms with Crippen molar-refractivity contribution in [2.75, 3.05) is 38.8 Å². The van der Waals surface area contributed by atoms with Crippen LogP contribution in [0.15, 0.2) is 60.3 Å². The number of methoxy groups -OCH3 is 1. The Morgan fingerprint density at radius 1 is 0.966 bits per heavy atom. The molecule has 3 rings (SSSR count). The summed E-state index contributed by atoms with van der Waals surface area (Å²) in [4.78, 5) is 29.6. The zero-order valence-electron chi connectivity index (χ0n) is 17.1. The highest BCUT2D eigenvalue weighted by atomic mass is 16.5. The summed E-state index contributed by atoms with van der Waals surface area (Å²) in [6, 6.07) is 16.7. The first kappa shape index (κ1) is 20.6. The highest BCUT2D eigenvalue weighted by molar-refractivity contribution is 6.36. The van der Waals surface area contributed by atoms with E-state index in [2.05, 4.69) is 0 Å². The molecular formula is C23H26N2O4. The molecule has 2 aromatic rings. The second-order valence-electron chi connectivity index (χ2n) is 6.66. The van der Waals surface area contributed by atoms with Gasteiger partial charge in [-0.15, -0.1) is 0 Å². The van der Waals surface area contributed by atoms with Gasteiger partial charge in [0.25, 0.3) is 11.8 Å². The smallest absolute Gasteiger partial charge is 0.278 e. The van der Waals surface area contributed by atoms with Crippen LogP contribution in [0, 0.1) is 0 Å². The summed E-state index contributed by atoms with van der Waals surface area (Å²) in [6.07, 6.45) is 0.601. The minimum atomic E-state index is -0.288. The van der Waals surface area contributed by atoms with Gasteiger partial charge in [0.1, 0.15) is 11.4 Å². The van der Waals surface area contributed by atoms with Crippen LogP contribution in [-0.4, -0.2) is 50.6 Å². The number of nitrogens with zero attached hydrogens (tertiary/aromatic N) is 2. The molecular weight excluding hydrogens is 368 g/mol. The number of carbonyl (C=O) groups is 2. The molecule has 1 aliphatic heterocycles. The lowest BCUT2D eigenvalue weighted by Gasteiger charge is -2.21. The number of para-hydroxylation sites is 1. The molecule has 1 heterocycles.